The van der Waals surface area contributed by atoms with E-state index in [1.807, 2.05) is 0 Å². The highest BCUT2D eigenvalue weighted by Crippen LogP contribution is 2.25. The summed E-state index contributed by atoms with van der Waals surface area (Å²) < 4.78 is 33.0. The molecule has 0 atom stereocenters. The SMILES string of the molecule is CNC(=O)c1cc(Oc2ccc3nnc(NS(=O)(=O)c4ccc(O)cc4)nc3c2)ccn1. The minimum absolute atomic E-state index is 0.0586. The third-order valence-electron chi connectivity index (χ3n) is 4.23. The lowest BCUT2D eigenvalue weighted by Crippen LogP contribution is -2.18. The number of hydrogen-bond acceptors (Lipinski definition) is 9. The van der Waals surface area contributed by atoms with E-state index in [-0.39, 0.29) is 28.2 Å². The van der Waals surface area contributed by atoms with Crippen molar-refractivity contribution in [3.63, 3.8) is 0 Å². The van der Waals surface area contributed by atoms with Crippen molar-refractivity contribution in [3.8, 4) is 17.2 Å². The van der Waals surface area contributed by atoms with Crippen LogP contribution in [0.3, 0.4) is 0 Å². The second-order valence-corrected chi connectivity index (χ2v) is 8.13. The van der Waals surface area contributed by atoms with Gasteiger partial charge in [-0.25, -0.2) is 18.1 Å². The fraction of sp³-hybridized carbons (Fsp3) is 0.0500. The molecule has 0 spiro atoms. The molecule has 4 rings (SSSR count). The number of rotatable bonds is 6. The fourth-order valence-electron chi connectivity index (χ4n) is 2.69. The minimum atomic E-state index is -3.98. The zero-order valence-electron chi connectivity index (χ0n) is 16.6. The maximum Gasteiger partial charge on any atom is 0.269 e. The van der Waals surface area contributed by atoms with Crippen LogP contribution in [0.5, 0.6) is 17.2 Å². The first-order valence-corrected chi connectivity index (χ1v) is 10.6. The van der Waals surface area contributed by atoms with Gasteiger partial charge in [-0.3, -0.25) is 9.78 Å². The Morgan fingerprint density at radius 1 is 0.969 bits per heavy atom. The lowest BCUT2D eigenvalue weighted by Gasteiger charge is -2.09. The molecule has 162 valence electrons. The van der Waals surface area contributed by atoms with Crippen molar-refractivity contribution in [2.45, 2.75) is 4.90 Å². The number of phenolic OH excluding ortho intramolecular Hbond substituents is 1. The molecule has 4 aromatic rings. The molecule has 0 aliphatic carbocycles. The fourth-order valence-corrected chi connectivity index (χ4v) is 3.63. The number of anilines is 1. The smallest absolute Gasteiger partial charge is 0.269 e. The van der Waals surface area contributed by atoms with Crippen LogP contribution < -0.4 is 14.8 Å². The van der Waals surface area contributed by atoms with Crippen LogP contribution in [0.15, 0.2) is 65.7 Å². The van der Waals surface area contributed by atoms with Gasteiger partial charge in [0.2, 0.25) is 0 Å². The van der Waals surface area contributed by atoms with Crippen molar-refractivity contribution in [2.75, 3.05) is 11.8 Å². The summed E-state index contributed by atoms with van der Waals surface area (Å²) in [5, 5.41) is 19.6. The van der Waals surface area contributed by atoms with Gasteiger partial charge >= 0.3 is 0 Å². The maximum absolute atomic E-state index is 12.5. The zero-order chi connectivity index (χ0) is 22.7. The number of ether oxygens (including phenoxy) is 1. The molecule has 11 nitrogen and oxygen atoms in total. The number of phenols is 1. The molecule has 0 aliphatic heterocycles. The Morgan fingerprint density at radius 2 is 1.72 bits per heavy atom. The summed E-state index contributed by atoms with van der Waals surface area (Å²) in [5.74, 6) is 0.134. The third-order valence-corrected chi connectivity index (χ3v) is 5.57. The van der Waals surface area contributed by atoms with Crippen LogP contribution in [-0.2, 0) is 10.0 Å². The highest BCUT2D eigenvalue weighted by Gasteiger charge is 2.16. The molecule has 1 amide bonds. The Bertz CT molecular complexity index is 1410. The number of fused-ring (bicyclic) bond motifs is 1. The molecule has 0 saturated heterocycles. The quantitative estimate of drug-likeness (QED) is 0.398. The summed E-state index contributed by atoms with van der Waals surface area (Å²) >= 11 is 0. The number of sulfonamides is 1. The minimum Gasteiger partial charge on any atom is -0.508 e. The van der Waals surface area contributed by atoms with Crippen LogP contribution >= 0.6 is 0 Å². The average molecular weight is 452 g/mol. The van der Waals surface area contributed by atoms with Crippen LogP contribution in [0.1, 0.15) is 10.5 Å². The van der Waals surface area contributed by atoms with Gasteiger partial charge < -0.3 is 15.2 Å². The van der Waals surface area contributed by atoms with E-state index in [2.05, 4.69) is 30.2 Å². The van der Waals surface area contributed by atoms with Crippen molar-refractivity contribution in [1.82, 2.24) is 25.5 Å². The first-order chi connectivity index (χ1) is 15.3. The van der Waals surface area contributed by atoms with Gasteiger partial charge in [-0.05, 0) is 42.5 Å². The first-order valence-electron chi connectivity index (χ1n) is 9.16. The highest BCUT2D eigenvalue weighted by molar-refractivity contribution is 7.92. The molecule has 0 fully saturated rings. The van der Waals surface area contributed by atoms with Crippen LogP contribution in [0, 0.1) is 0 Å². The Morgan fingerprint density at radius 3 is 2.47 bits per heavy atom. The monoisotopic (exact) mass is 452 g/mol. The summed E-state index contributed by atoms with van der Waals surface area (Å²) in [7, 11) is -2.47. The van der Waals surface area contributed by atoms with Gasteiger partial charge in [0.15, 0.2) is 0 Å². The van der Waals surface area contributed by atoms with Crippen molar-refractivity contribution >= 4 is 32.9 Å². The number of hydrogen-bond donors (Lipinski definition) is 3. The number of pyridine rings is 1. The predicted octanol–water partition coefficient (Wildman–Crippen LogP) is 2.08. The summed E-state index contributed by atoms with van der Waals surface area (Å²) in [6.07, 6.45) is 1.45. The molecular weight excluding hydrogens is 436 g/mol. The Balaban J connectivity index is 1.59. The average Bonchev–Trinajstić information content (AvgIpc) is 2.78. The molecular formula is C20H16N6O5S. The number of carbonyl (C=O) groups excluding carboxylic acids is 1. The number of carbonyl (C=O) groups is 1. The van der Waals surface area contributed by atoms with E-state index in [9.17, 15) is 18.3 Å². The van der Waals surface area contributed by atoms with Gasteiger partial charge in [0.1, 0.15) is 28.5 Å². The molecule has 32 heavy (non-hydrogen) atoms. The van der Waals surface area contributed by atoms with E-state index < -0.39 is 10.0 Å². The Kier molecular flexibility index (Phi) is 5.52. The first kappa shape index (κ1) is 20.9. The molecule has 3 N–H and O–H groups in total. The molecule has 0 saturated carbocycles. The van der Waals surface area contributed by atoms with E-state index in [0.717, 1.165) is 0 Å². The third kappa shape index (κ3) is 4.54. The number of aromatic hydroxyl groups is 1. The van der Waals surface area contributed by atoms with Gasteiger partial charge in [0.05, 0.1) is 10.4 Å². The van der Waals surface area contributed by atoms with E-state index in [1.165, 1.54) is 43.6 Å². The van der Waals surface area contributed by atoms with E-state index in [0.29, 0.717) is 22.5 Å². The largest absolute Gasteiger partial charge is 0.508 e. The van der Waals surface area contributed by atoms with Crippen LogP contribution in [0.25, 0.3) is 11.0 Å². The molecule has 2 aromatic carbocycles. The van der Waals surface area contributed by atoms with Gasteiger partial charge in [-0.2, -0.15) is 0 Å². The van der Waals surface area contributed by atoms with Gasteiger partial charge in [0, 0.05) is 25.4 Å². The highest BCUT2D eigenvalue weighted by atomic mass is 32.2. The van der Waals surface area contributed by atoms with Gasteiger partial charge in [-0.15, -0.1) is 10.2 Å². The molecule has 2 aromatic heterocycles. The number of benzene rings is 2. The normalized spacial score (nSPS) is 11.2. The van der Waals surface area contributed by atoms with Crippen LogP contribution in [0.4, 0.5) is 5.95 Å². The van der Waals surface area contributed by atoms with E-state index in [1.54, 1.807) is 24.3 Å². The Labute approximate surface area is 182 Å². The molecule has 0 radical (unpaired) electrons. The standard InChI is InChI=1S/C20H16N6O5S/c1-21-19(28)18-11-14(8-9-22-18)31-13-4-7-16-17(10-13)23-20(25-24-16)26-32(29,30)15-5-2-12(27)3-6-15/h2-11,27H,1H3,(H,21,28)(H,23,25,26). The Hall–Kier alpha value is -4.32. The van der Waals surface area contributed by atoms with E-state index >= 15 is 0 Å². The maximum atomic E-state index is 12.5. The number of nitrogens with zero attached hydrogens (tertiary/aromatic N) is 4. The summed E-state index contributed by atoms with van der Waals surface area (Å²) in [4.78, 5) is 19.8. The van der Waals surface area contributed by atoms with Crippen molar-refractivity contribution in [2.24, 2.45) is 0 Å². The zero-order valence-corrected chi connectivity index (χ0v) is 17.4. The van der Waals surface area contributed by atoms with Crippen LogP contribution in [-0.4, -0.2) is 46.6 Å². The molecule has 12 heteroatoms. The second kappa shape index (κ2) is 8.43. The summed E-state index contributed by atoms with van der Waals surface area (Å²) in [6.45, 7) is 0. The topological polar surface area (TPSA) is 156 Å². The molecule has 0 unspecified atom stereocenters. The molecule has 0 bridgehead atoms. The lowest BCUT2D eigenvalue weighted by atomic mass is 10.3. The predicted molar refractivity (Wildman–Crippen MR) is 114 cm³/mol. The van der Waals surface area contributed by atoms with E-state index in [4.69, 9.17) is 4.74 Å². The van der Waals surface area contributed by atoms with Gasteiger partial charge in [-0.1, -0.05) is 0 Å². The van der Waals surface area contributed by atoms with Crippen molar-refractivity contribution < 1.29 is 23.1 Å². The van der Waals surface area contributed by atoms with Gasteiger partial charge in [0.25, 0.3) is 21.9 Å². The second-order valence-electron chi connectivity index (χ2n) is 6.44. The number of amides is 1. The summed E-state index contributed by atoms with van der Waals surface area (Å²) in [5.41, 5.74) is 0.952. The number of aromatic nitrogens is 4. The molecule has 0 aliphatic rings. The van der Waals surface area contributed by atoms with Crippen molar-refractivity contribution in [3.05, 3.63) is 66.5 Å². The van der Waals surface area contributed by atoms with Crippen LogP contribution in [0.2, 0.25) is 0 Å². The lowest BCUT2D eigenvalue weighted by molar-refractivity contribution is 0.0958. The number of nitrogens with one attached hydrogen (secondary N) is 2. The molecule has 2 heterocycles. The summed E-state index contributed by atoms with van der Waals surface area (Å²) in [6, 6.07) is 12.9. The van der Waals surface area contributed by atoms with Crippen molar-refractivity contribution in [1.29, 1.82) is 0 Å².